The molecule has 1 unspecified atom stereocenters. The fourth-order valence-corrected chi connectivity index (χ4v) is 1.93. The molecule has 5 heteroatoms. The maximum absolute atomic E-state index is 12.0. The average molecular weight is 260 g/mol. The number of carbonyl (C=O) groups is 2. The van der Waals surface area contributed by atoms with Gasteiger partial charge in [-0.3, -0.25) is 9.59 Å². The van der Waals surface area contributed by atoms with Crippen molar-refractivity contribution in [1.29, 1.82) is 0 Å². The van der Waals surface area contributed by atoms with E-state index < -0.39 is 11.9 Å². The van der Waals surface area contributed by atoms with Gasteiger partial charge < -0.3 is 15.0 Å². The lowest BCUT2D eigenvalue weighted by atomic mass is 10.2. The number of aliphatic carboxylic acids is 1. The van der Waals surface area contributed by atoms with E-state index in [9.17, 15) is 9.59 Å². The summed E-state index contributed by atoms with van der Waals surface area (Å²) in [7, 11) is 1.82. The first-order valence-electron chi connectivity index (χ1n) is 6.06. The zero-order valence-corrected chi connectivity index (χ0v) is 10.9. The van der Waals surface area contributed by atoms with Gasteiger partial charge in [0, 0.05) is 24.5 Å². The van der Waals surface area contributed by atoms with E-state index in [4.69, 9.17) is 5.11 Å². The predicted octanol–water partition coefficient (Wildman–Crippen LogP) is 1.63. The van der Waals surface area contributed by atoms with E-state index in [0.29, 0.717) is 5.69 Å². The van der Waals surface area contributed by atoms with Crippen LogP contribution < -0.4 is 5.32 Å². The minimum absolute atomic E-state index is 0.121. The van der Waals surface area contributed by atoms with Gasteiger partial charge in [-0.05, 0) is 12.1 Å². The van der Waals surface area contributed by atoms with Crippen LogP contribution in [0.5, 0.6) is 0 Å². The second kappa shape index (κ2) is 5.14. The number of amides is 1. The number of nitrogens with zero attached hydrogens (tertiary/aromatic N) is 1. The Kier molecular flexibility index (Phi) is 3.55. The molecule has 0 spiro atoms. The van der Waals surface area contributed by atoms with Gasteiger partial charge in [-0.15, -0.1) is 0 Å². The number of para-hydroxylation sites is 1. The number of carboxylic acid groups (broad SMARTS) is 1. The molecule has 1 heterocycles. The van der Waals surface area contributed by atoms with Crippen LogP contribution in [0.15, 0.2) is 30.3 Å². The van der Waals surface area contributed by atoms with Gasteiger partial charge in [0.1, 0.15) is 5.69 Å². The Hall–Kier alpha value is -2.30. The fraction of sp³-hybridized carbons (Fsp3) is 0.286. The van der Waals surface area contributed by atoms with Crippen LogP contribution in [0.1, 0.15) is 17.4 Å². The molecule has 0 saturated carbocycles. The van der Waals surface area contributed by atoms with Crippen molar-refractivity contribution in [1.82, 2.24) is 9.88 Å². The van der Waals surface area contributed by atoms with Gasteiger partial charge in [0.15, 0.2) is 0 Å². The Labute approximate surface area is 110 Å². The van der Waals surface area contributed by atoms with Gasteiger partial charge in [-0.25, -0.2) is 0 Å². The largest absolute Gasteiger partial charge is 0.481 e. The molecule has 1 atom stereocenters. The summed E-state index contributed by atoms with van der Waals surface area (Å²) in [5.41, 5.74) is 1.50. The van der Waals surface area contributed by atoms with Crippen LogP contribution in [0.25, 0.3) is 10.9 Å². The van der Waals surface area contributed by atoms with Gasteiger partial charge >= 0.3 is 5.97 Å². The molecule has 2 rings (SSSR count). The highest BCUT2D eigenvalue weighted by molar-refractivity contribution is 5.98. The van der Waals surface area contributed by atoms with E-state index in [1.807, 2.05) is 31.3 Å². The number of carboxylic acids is 1. The molecule has 0 aliphatic heterocycles. The molecule has 0 aliphatic carbocycles. The first-order chi connectivity index (χ1) is 9.00. The Balaban J connectivity index is 2.18. The van der Waals surface area contributed by atoms with Crippen LogP contribution in [0, 0.1) is 5.92 Å². The molecular weight excluding hydrogens is 244 g/mol. The highest BCUT2D eigenvalue weighted by Gasteiger charge is 2.16. The van der Waals surface area contributed by atoms with Crippen molar-refractivity contribution >= 4 is 22.8 Å². The SMILES string of the molecule is CC(CNC(=O)c1cc2ccccc2n1C)C(=O)O. The summed E-state index contributed by atoms with van der Waals surface area (Å²) in [5, 5.41) is 12.4. The van der Waals surface area contributed by atoms with Gasteiger partial charge in [0.25, 0.3) is 5.91 Å². The molecule has 0 radical (unpaired) electrons. The quantitative estimate of drug-likeness (QED) is 0.877. The minimum atomic E-state index is -0.919. The third kappa shape index (κ3) is 2.59. The molecule has 19 heavy (non-hydrogen) atoms. The maximum atomic E-state index is 12.0. The summed E-state index contributed by atoms with van der Waals surface area (Å²) in [5.74, 6) is -1.78. The predicted molar refractivity (Wildman–Crippen MR) is 72.1 cm³/mol. The van der Waals surface area contributed by atoms with E-state index in [2.05, 4.69) is 5.32 Å². The molecule has 1 aromatic carbocycles. The molecule has 2 aromatic rings. The lowest BCUT2D eigenvalue weighted by Crippen LogP contribution is -2.32. The Morgan fingerprint density at radius 2 is 2.05 bits per heavy atom. The van der Waals surface area contributed by atoms with Crippen molar-refractivity contribution in [3.05, 3.63) is 36.0 Å². The average Bonchev–Trinajstić information content (AvgIpc) is 2.73. The summed E-state index contributed by atoms with van der Waals surface area (Å²) in [6.07, 6.45) is 0. The highest BCUT2D eigenvalue weighted by Crippen LogP contribution is 2.18. The molecule has 2 N–H and O–H groups in total. The normalized spacial score (nSPS) is 12.3. The zero-order valence-electron chi connectivity index (χ0n) is 10.9. The number of rotatable bonds is 4. The Morgan fingerprint density at radius 3 is 2.68 bits per heavy atom. The summed E-state index contributed by atoms with van der Waals surface area (Å²) < 4.78 is 1.80. The summed E-state index contributed by atoms with van der Waals surface area (Å²) in [6.45, 7) is 1.68. The lowest BCUT2D eigenvalue weighted by Gasteiger charge is -2.09. The number of fused-ring (bicyclic) bond motifs is 1. The molecule has 5 nitrogen and oxygen atoms in total. The summed E-state index contributed by atoms with van der Waals surface area (Å²) in [4.78, 5) is 22.7. The smallest absolute Gasteiger partial charge is 0.308 e. The van der Waals surface area contributed by atoms with Gasteiger partial charge in [-0.2, -0.15) is 0 Å². The topological polar surface area (TPSA) is 71.3 Å². The van der Waals surface area contributed by atoms with Gasteiger partial charge in [-0.1, -0.05) is 25.1 Å². The number of nitrogens with one attached hydrogen (secondary N) is 1. The first kappa shape index (κ1) is 13.1. The van der Waals surface area contributed by atoms with Crippen LogP contribution >= 0.6 is 0 Å². The lowest BCUT2D eigenvalue weighted by molar-refractivity contribution is -0.140. The Bertz CT molecular complexity index is 631. The first-order valence-corrected chi connectivity index (χ1v) is 6.06. The van der Waals surface area contributed by atoms with Crippen LogP contribution in [-0.2, 0) is 11.8 Å². The van der Waals surface area contributed by atoms with Crippen LogP contribution in [0.3, 0.4) is 0 Å². The van der Waals surface area contributed by atoms with Gasteiger partial charge in [0.2, 0.25) is 0 Å². The Morgan fingerprint density at radius 1 is 1.37 bits per heavy atom. The molecule has 1 amide bonds. The van der Waals surface area contributed by atoms with Crippen molar-refractivity contribution in [3.63, 3.8) is 0 Å². The summed E-state index contributed by atoms with van der Waals surface area (Å²) in [6, 6.07) is 9.50. The maximum Gasteiger partial charge on any atom is 0.308 e. The standard InChI is InChI=1S/C14H16N2O3/c1-9(14(18)19)8-15-13(17)12-7-10-5-3-4-6-11(10)16(12)2/h3-7,9H,8H2,1-2H3,(H,15,17)(H,18,19). The van der Waals surface area contributed by atoms with E-state index in [1.54, 1.807) is 17.6 Å². The van der Waals surface area contributed by atoms with E-state index in [-0.39, 0.29) is 12.5 Å². The molecule has 0 bridgehead atoms. The van der Waals surface area contributed by atoms with Crippen molar-refractivity contribution in [2.24, 2.45) is 13.0 Å². The fourth-order valence-electron chi connectivity index (χ4n) is 1.93. The van der Waals surface area contributed by atoms with E-state index in [1.165, 1.54) is 0 Å². The highest BCUT2D eigenvalue weighted by atomic mass is 16.4. The van der Waals surface area contributed by atoms with Crippen LogP contribution in [0.2, 0.25) is 0 Å². The van der Waals surface area contributed by atoms with Crippen molar-refractivity contribution < 1.29 is 14.7 Å². The monoisotopic (exact) mass is 260 g/mol. The molecule has 0 fully saturated rings. The molecule has 100 valence electrons. The van der Waals surface area contributed by atoms with Crippen LogP contribution in [0.4, 0.5) is 0 Å². The number of aromatic nitrogens is 1. The molecule has 1 aromatic heterocycles. The molecule has 0 saturated heterocycles. The number of hydrogen-bond acceptors (Lipinski definition) is 2. The number of benzene rings is 1. The van der Waals surface area contributed by atoms with Crippen LogP contribution in [-0.4, -0.2) is 28.1 Å². The number of aryl methyl sites for hydroxylation is 1. The zero-order chi connectivity index (χ0) is 14.0. The van der Waals surface area contributed by atoms with Crippen molar-refractivity contribution in [2.45, 2.75) is 6.92 Å². The van der Waals surface area contributed by atoms with Crippen molar-refractivity contribution in [2.75, 3.05) is 6.54 Å². The van der Waals surface area contributed by atoms with Crippen molar-refractivity contribution in [3.8, 4) is 0 Å². The van der Waals surface area contributed by atoms with E-state index in [0.717, 1.165) is 10.9 Å². The molecule has 0 aliphatic rings. The summed E-state index contributed by atoms with van der Waals surface area (Å²) >= 11 is 0. The molecular formula is C14H16N2O3. The van der Waals surface area contributed by atoms with Gasteiger partial charge in [0.05, 0.1) is 5.92 Å². The van der Waals surface area contributed by atoms with E-state index >= 15 is 0 Å². The second-order valence-corrected chi connectivity index (χ2v) is 4.60. The third-order valence-corrected chi connectivity index (χ3v) is 3.17. The number of hydrogen-bond donors (Lipinski definition) is 2. The second-order valence-electron chi connectivity index (χ2n) is 4.60. The number of carbonyl (C=O) groups excluding carboxylic acids is 1. The third-order valence-electron chi connectivity index (χ3n) is 3.17. The minimum Gasteiger partial charge on any atom is -0.481 e.